The number of anilines is 1. The lowest BCUT2D eigenvalue weighted by molar-refractivity contribution is -0.142. The maximum absolute atomic E-state index is 12.4. The summed E-state index contributed by atoms with van der Waals surface area (Å²) in [4.78, 5) is 23.9. The molecule has 6 nitrogen and oxygen atoms in total. The van der Waals surface area contributed by atoms with E-state index < -0.39 is 25.1 Å². The van der Waals surface area contributed by atoms with Gasteiger partial charge in [-0.25, -0.2) is 4.79 Å². The van der Waals surface area contributed by atoms with E-state index in [-0.39, 0.29) is 18.1 Å². The van der Waals surface area contributed by atoms with Gasteiger partial charge < -0.3 is 19.5 Å². The number of hydrogen-bond donors (Lipinski definition) is 1. The Morgan fingerprint density at radius 3 is 2.43 bits per heavy atom. The van der Waals surface area contributed by atoms with Crippen LogP contribution < -0.4 is 14.8 Å². The van der Waals surface area contributed by atoms with Crippen LogP contribution in [0.5, 0.6) is 11.5 Å². The number of ether oxygens (including phenoxy) is 3. The molecular formula is C22H23F2NO5. The van der Waals surface area contributed by atoms with Crippen molar-refractivity contribution in [1.29, 1.82) is 0 Å². The second-order valence-electron chi connectivity index (χ2n) is 6.27. The summed E-state index contributed by atoms with van der Waals surface area (Å²) in [6.07, 6.45) is 2.55. The number of carbonyl (C=O) groups excluding carboxylic acids is 2. The largest absolute Gasteiger partial charge is 0.490 e. The lowest BCUT2D eigenvalue weighted by Gasteiger charge is -2.12. The first-order valence-corrected chi connectivity index (χ1v) is 9.22. The summed E-state index contributed by atoms with van der Waals surface area (Å²) in [6, 6.07) is 9.88. The Kier molecular flexibility index (Phi) is 8.34. The Hall–Kier alpha value is -3.42. The van der Waals surface area contributed by atoms with Crippen molar-refractivity contribution in [2.24, 2.45) is 0 Å². The molecular weight excluding hydrogens is 396 g/mol. The van der Waals surface area contributed by atoms with E-state index in [0.29, 0.717) is 11.3 Å². The molecule has 1 amide bonds. The summed E-state index contributed by atoms with van der Waals surface area (Å²) in [7, 11) is 0. The van der Waals surface area contributed by atoms with E-state index in [1.807, 2.05) is 32.0 Å². The first-order valence-electron chi connectivity index (χ1n) is 9.22. The fourth-order valence-electron chi connectivity index (χ4n) is 2.63. The van der Waals surface area contributed by atoms with Crippen molar-refractivity contribution >= 4 is 23.6 Å². The zero-order valence-corrected chi connectivity index (χ0v) is 16.9. The summed E-state index contributed by atoms with van der Waals surface area (Å²) >= 11 is 0. The van der Waals surface area contributed by atoms with Gasteiger partial charge in [0.25, 0.3) is 5.91 Å². The molecule has 0 saturated heterocycles. The number of halogens is 2. The van der Waals surface area contributed by atoms with Gasteiger partial charge in [-0.2, -0.15) is 8.78 Å². The molecule has 0 radical (unpaired) electrons. The quantitative estimate of drug-likeness (QED) is 0.479. The van der Waals surface area contributed by atoms with E-state index in [1.54, 1.807) is 6.92 Å². The minimum atomic E-state index is -2.98. The fraction of sp³-hybridized carbons (Fsp3) is 0.273. The van der Waals surface area contributed by atoms with Crippen molar-refractivity contribution in [2.45, 2.75) is 27.4 Å². The van der Waals surface area contributed by atoms with Crippen LogP contribution >= 0.6 is 0 Å². The number of para-hydroxylation sites is 1. The van der Waals surface area contributed by atoms with Crippen LogP contribution in [0.2, 0.25) is 0 Å². The highest BCUT2D eigenvalue weighted by Gasteiger charge is 2.12. The molecule has 0 bridgehead atoms. The van der Waals surface area contributed by atoms with E-state index >= 15 is 0 Å². The maximum Gasteiger partial charge on any atom is 0.387 e. The number of benzene rings is 2. The number of rotatable bonds is 9. The molecule has 2 rings (SSSR count). The van der Waals surface area contributed by atoms with Gasteiger partial charge in [-0.1, -0.05) is 24.3 Å². The first kappa shape index (κ1) is 22.9. The molecule has 1 N–H and O–H groups in total. The van der Waals surface area contributed by atoms with E-state index in [9.17, 15) is 18.4 Å². The average Bonchev–Trinajstić information content (AvgIpc) is 2.69. The number of hydrogen-bond acceptors (Lipinski definition) is 5. The predicted octanol–water partition coefficient (Wildman–Crippen LogP) is 4.50. The molecule has 0 atom stereocenters. The Bertz CT molecular complexity index is 907. The Labute approximate surface area is 173 Å². The molecule has 0 spiro atoms. The Balaban J connectivity index is 1.94. The zero-order chi connectivity index (χ0) is 22.1. The molecule has 0 saturated carbocycles. The van der Waals surface area contributed by atoms with Crippen molar-refractivity contribution in [1.82, 2.24) is 0 Å². The van der Waals surface area contributed by atoms with Gasteiger partial charge in [0.1, 0.15) is 0 Å². The number of carbonyl (C=O) groups is 2. The van der Waals surface area contributed by atoms with Crippen LogP contribution in [0.15, 0.2) is 42.5 Å². The van der Waals surface area contributed by atoms with Crippen LogP contribution in [-0.4, -0.2) is 31.7 Å². The molecule has 0 aromatic heterocycles. The summed E-state index contributed by atoms with van der Waals surface area (Å²) in [5, 5.41) is 2.72. The van der Waals surface area contributed by atoms with Gasteiger partial charge in [0.05, 0.1) is 6.61 Å². The van der Waals surface area contributed by atoms with Crippen molar-refractivity contribution < 1.29 is 32.6 Å². The normalized spacial score (nSPS) is 10.9. The van der Waals surface area contributed by atoms with E-state index in [1.165, 1.54) is 24.3 Å². The molecule has 8 heteroatoms. The highest BCUT2D eigenvalue weighted by molar-refractivity contribution is 5.95. The minimum absolute atomic E-state index is 0.102. The van der Waals surface area contributed by atoms with Crippen LogP contribution in [0.25, 0.3) is 6.08 Å². The number of alkyl halides is 2. The second-order valence-corrected chi connectivity index (χ2v) is 6.27. The van der Waals surface area contributed by atoms with Gasteiger partial charge in [0.15, 0.2) is 18.1 Å². The molecule has 0 aliphatic heterocycles. The van der Waals surface area contributed by atoms with Crippen molar-refractivity contribution in [3.05, 3.63) is 59.2 Å². The second kappa shape index (κ2) is 10.9. The molecule has 0 unspecified atom stereocenters. The standard InChI is InChI=1S/C22H23F2NO5/c1-4-28-18-12-16(8-10-17(18)30-22(23)24)9-11-20(27)29-13-19(26)25-21-14(2)6-5-7-15(21)3/h5-12,22H,4,13H2,1-3H3,(H,25,26)/b11-9+. The molecule has 0 aliphatic rings. The highest BCUT2D eigenvalue weighted by atomic mass is 19.3. The first-order chi connectivity index (χ1) is 14.3. The van der Waals surface area contributed by atoms with Gasteiger partial charge >= 0.3 is 12.6 Å². The topological polar surface area (TPSA) is 73.9 Å². The van der Waals surface area contributed by atoms with Gasteiger partial charge in [0.2, 0.25) is 0 Å². The van der Waals surface area contributed by atoms with Crippen molar-refractivity contribution in [3.63, 3.8) is 0 Å². The van der Waals surface area contributed by atoms with E-state index in [4.69, 9.17) is 9.47 Å². The SMILES string of the molecule is CCOc1cc(/C=C/C(=O)OCC(=O)Nc2c(C)cccc2C)ccc1OC(F)F. The van der Waals surface area contributed by atoms with E-state index in [0.717, 1.165) is 17.2 Å². The zero-order valence-electron chi connectivity index (χ0n) is 16.9. The molecule has 0 fully saturated rings. The molecule has 0 aliphatic carbocycles. The van der Waals surface area contributed by atoms with Crippen LogP contribution in [0.1, 0.15) is 23.6 Å². The van der Waals surface area contributed by atoms with Crippen LogP contribution in [0.3, 0.4) is 0 Å². The van der Waals surface area contributed by atoms with Crippen LogP contribution in [0.4, 0.5) is 14.5 Å². The monoisotopic (exact) mass is 419 g/mol. The third-order valence-corrected chi connectivity index (χ3v) is 3.99. The van der Waals surface area contributed by atoms with Gasteiger partial charge in [-0.15, -0.1) is 0 Å². The predicted molar refractivity (Wildman–Crippen MR) is 109 cm³/mol. The smallest absolute Gasteiger partial charge is 0.387 e. The number of nitrogens with one attached hydrogen (secondary N) is 1. The highest BCUT2D eigenvalue weighted by Crippen LogP contribution is 2.30. The van der Waals surface area contributed by atoms with Crippen LogP contribution in [-0.2, 0) is 14.3 Å². The van der Waals surface area contributed by atoms with Gasteiger partial charge in [0, 0.05) is 11.8 Å². The van der Waals surface area contributed by atoms with Crippen molar-refractivity contribution in [2.75, 3.05) is 18.5 Å². The lowest BCUT2D eigenvalue weighted by Crippen LogP contribution is -2.21. The summed E-state index contributed by atoms with van der Waals surface area (Å²) in [5.41, 5.74) is 3.00. The molecule has 2 aromatic rings. The van der Waals surface area contributed by atoms with E-state index in [2.05, 4.69) is 10.1 Å². The third-order valence-electron chi connectivity index (χ3n) is 3.99. The minimum Gasteiger partial charge on any atom is -0.490 e. The summed E-state index contributed by atoms with van der Waals surface area (Å²) < 4.78 is 39.5. The summed E-state index contributed by atoms with van der Waals surface area (Å²) in [6.45, 7) is 2.27. The average molecular weight is 419 g/mol. The molecule has 160 valence electrons. The van der Waals surface area contributed by atoms with Crippen molar-refractivity contribution in [3.8, 4) is 11.5 Å². The van der Waals surface area contributed by atoms with Gasteiger partial charge in [-0.05, 0) is 55.7 Å². The molecule has 30 heavy (non-hydrogen) atoms. The lowest BCUT2D eigenvalue weighted by atomic mass is 10.1. The van der Waals surface area contributed by atoms with Crippen LogP contribution in [0, 0.1) is 13.8 Å². The Morgan fingerprint density at radius 2 is 1.80 bits per heavy atom. The molecule has 0 heterocycles. The molecule has 2 aromatic carbocycles. The number of aryl methyl sites for hydroxylation is 2. The third kappa shape index (κ3) is 6.88. The van der Waals surface area contributed by atoms with Gasteiger partial charge in [-0.3, -0.25) is 4.79 Å². The fourth-order valence-corrected chi connectivity index (χ4v) is 2.63. The number of amides is 1. The maximum atomic E-state index is 12.4. The Morgan fingerprint density at radius 1 is 1.10 bits per heavy atom. The summed E-state index contributed by atoms with van der Waals surface area (Å²) in [5.74, 6) is -1.16. The number of esters is 1.